The Morgan fingerprint density at radius 1 is 1.33 bits per heavy atom. The molecule has 3 aromatic heterocycles. The average Bonchev–Trinajstić information content (AvgIpc) is 2.95. The molecule has 0 spiro atoms. The van der Waals surface area contributed by atoms with Crippen molar-refractivity contribution in [2.24, 2.45) is 7.05 Å². The highest BCUT2D eigenvalue weighted by Gasteiger charge is 2.12. The van der Waals surface area contributed by atoms with Crippen LogP contribution in [-0.2, 0) is 7.05 Å². The number of carbonyl (C=O) groups is 1. The minimum Gasteiger partial charge on any atom is -0.304 e. The van der Waals surface area contributed by atoms with Crippen molar-refractivity contribution in [3.63, 3.8) is 0 Å². The fourth-order valence-electron chi connectivity index (χ4n) is 1.60. The van der Waals surface area contributed by atoms with E-state index in [0.29, 0.717) is 17.2 Å². The van der Waals surface area contributed by atoms with Crippen LogP contribution in [-0.4, -0.2) is 30.3 Å². The largest absolute Gasteiger partial charge is 0.304 e. The normalized spacial score (nSPS) is 10.7. The Labute approximate surface area is 102 Å². The molecule has 0 bridgehead atoms. The molecule has 7 heteroatoms. The highest BCUT2D eigenvalue weighted by molar-refractivity contribution is 6.02. The summed E-state index contributed by atoms with van der Waals surface area (Å²) >= 11 is 0. The summed E-state index contributed by atoms with van der Waals surface area (Å²) in [5.74, 6) is 0.187. The number of aryl methyl sites for hydroxylation is 1. The van der Waals surface area contributed by atoms with Crippen molar-refractivity contribution in [2.45, 2.75) is 0 Å². The van der Waals surface area contributed by atoms with Gasteiger partial charge < -0.3 is 5.32 Å². The van der Waals surface area contributed by atoms with Gasteiger partial charge in [0.2, 0.25) is 0 Å². The maximum atomic E-state index is 11.9. The molecule has 0 saturated carbocycles. The maximum absolute atomic E-state index is 11.9. The molecule has 90 valence electrons. The lowest BCUT2D eigenvalue weighted by Crippen LogP contribution is -2.13. The summed E-state index contributed by atoms with van der Waals surface area (Å²) in [6.07, 6.45) is 5.14. The summed E-state index contributed by atoms with van der Waals surface area (Å²) < 4.78 is 3.16. The lowest BCUT2D eigenvalue weighted by Gasteiger charge is -1.96. The molecule has 18 heavy (non-hydrogen) atoms. The molecular weight excluding hydrogens is 232 g/mol. The number of hydrogen-bond acceptors (Lipinski definition) is 4. The van der Waals surface area contributed by atoms with E-state index in [0.717, 1.165) is 0 Å². The summed E-state index contributed by atoms with van der Waals surface area (Å²) in [5.41, 5.74) is 0.933. The number of carbonyl (C=O) groups excluding carboxylic acids is 1. The molecular formula is C11H10N6O. The molecule has 3 heterocycles. The average molecular weight is 242 g/mol. The first-order valence-corrected chi connectivity index (χ1v) is 5.34. The van der Waals surface area contributed by atoms with Gasteiger partial charge >= 0.3 is 0 Å². The molecule has 0 unspecified atom stereocenters. The van der Waals surface area contributed by atoms with E-state index < -0.39 is 0 Å². The van der Waals surface area contributed by atoms with Gasteiger partial charge in [-0.25, -0.2) is 9.50 Å². The molecule has 1 N–H and O–H groups in total. The fraction of sp³-hybridized carbons (Fsp3) is 0.0909. The van der Waals surface area contributed by atoms with Gasteiger partial charge in [-0.2, -0.15) is 10.2 Å². The van der Waals surface area contributed by atoms with Gasteiger partial charge in [-0.3, -0.25) is 9.48 Å². The Hall–Kier alpha value is -2.70. The molecule has 0 radical (unpaired) electrons. The molecule has 0 saturated heterocycles. The van der Waals surface area contributed by atoms with Crippen molar-refractivity contribution >= 4 is 17.4 Å². The van der Waals surface area contributed by atoms with Gasteiger partial charge in [0.1, 0.15) is 0 Å². The van der Waals surface area contributed by atoms with Crippen LogP contribution in [0.25, 0.3) is 5.65 Å². The second-order valence-corrected chi connectivity index (χ2v) is 3.78. The molecule has 0 aliphatic heterocycles. The van der Waals surface area contributed by atoms with Crippen molar-refractivity contribution in [3.8, 4) is 0 Å². The number of anilines is 1. The Morgan fingerprint density at radius 2 is 2.22 bits per heavy atom. The van der Waals surface area contributed by atoms with Crippen LogP contribution >= 0.6 is 0 Å². The maximum Gasteiger partial charge on any atom is 0.277 e. The molecule has 0 aromatic carbocycles. The lowest BCUT2D eigenvalue weighted by molar-refractivity contribution is 0.102. The van der Waals surface area contributed by atoms with Crippen LogP contribution in [0.15, 0.2) is 36.8 Å². The van der Waals surface area contributed by atoms with Crippen molar-refractivity contribution in [1.82, 2.24) is 24.4 Å². The molecule has 0 atom stereocenters. The monoisotopic (exact) mass is 242 g/mol. The molecule has 3 rings (SSSR count). The van der Waals surface area contributed by atoms with Crippen LogP contribution in [0.4, 0.5) is 5.82 Å². The number of hydrogen-bond donors (Lipinski definition) is 1. The van der Waals surface area contributed by atoms with Crippen molar-refractivity contribution < 1.29 is 4.79 Å². The van der Waals surface area contributed by atoms with Gasteiger partial charge in [0, 0.05) is 37.8 Å². The van der Waals surface area contributed by atoms with Crippen molar-refractivity contribution in [2.75, 3.05) is 5.32 Å². The van der Waals surface area contributed by atoms with E-state index in [1.165, 1.54) is 0 Å². The minimum atomic E-state index is -0.306. The van der Waals surface area contributed by atoms with Gasteiger partial charge in [0.05, 0.1) is 0 Å². The zero-order chi connectivity index (χ0) is 12.5. The molecule has 0 aliphatic rings. The smallest absolute Gasteiger partial charge is 0.277 e. The number of fused-ring (bicyclic) bond motifs is 1. The molecule has 3 aromatic rings. The van der Waals surface area contributed by atoms with E-state index in [-0.39, 0.29) is 5.91 Å². The predicted molar refractivity (Wildman–Crippen MR) is 64.1 cm³/mol. The van der Waals surface area contributed by atoms with Crippen LogP contribution in [0.3, 0.4) is 0 Å². The first kappa shape index (κ1) is 10.5. The SMILES string of the molecule is Cn1ccc(NC(=O)c2cc3ncccn3n2)n1. The van der Waals surface area contributed by atoms with Crippen molar-refractivity contribution in [1.29, 1.82) is 0 Å². The minimum absolute atomic E-state index is 0.305. The Kier molecular flexibility index (Phi) is 2.30. The van der Waals surface area contributed by atoms with E-state index in [1.54, 1.807) is 53.0 Å². The third-order valence-electron chi connectivity index (χ3n) is 2.42. The summed E-state index contributed by atoms with van der Waals surface area (Å²) in [7, 11) is 1.78. The highest BCUT2D eigenvalue weighted by Crippen LogP contribution is 2.07. The molecule has 0 aliphatic carbocycles. The van der Waals surface area contributed by atoms with E-state index in [9.17, 15) is 4.79 Å². The third kappa shape index (κ3) is 1.81. The van der Waals surface area contributed by atoms with Crippen LogP contribution in [0.1, 0.15) is 10.5 Å². The van der Waals surface area contributed by atoms with E-state index in [1.807, 2.05) is 0 Å². The fourth-order valence-corrected chi connectivity index (χ4v) is 1.60. The van der Waals surface area contributed by atoms with E-state index >= 15 is 0 Å². The lowest BCUT2D eigenvalue weighted by atomic mass is 10.4. The van der Waals surface area contributed by atoms with Crippen LogP contribution in [0.5, 0.6) is 0 Å². The number of rotatable bonds is 2. The number of amides is 1. The summed E-state index contributed by atoms with van der Waals surface area (Å²) in [6, 6.07) is 5.09. The van der Waals surface area contributed by atoms with Gasteiger partial charge in [-0.15, -0.1) is 0 Å². The number of nitrogens with one attached hydrogen (secondary N) is 1. The van der Waals surface area contributed by atoms with Crippen LogP contribution < -0.4 is 5.32 Å². The Bertz CT molecular complexity index is 680. The zero-order valence-electron chi connectivity index (χ0n) is 9.61. The molecule has 0 fully saturated rings. The van der Waals surface area contributed by atoms with Gasteiger partial charge in [0.15, 0.2) is 17.2 Å². The number of aromatic nitrogens is 5. The first-order valence-electron chi connectivity index (χ1n) is 5.34. The topological polar surface area (TPSA) is 77.1 Å². The number of nitrogens with zero attached hydrogens (tertiary/aromatic N) is 5. The highest BCUT2D eigenvalue weighted by atomic mass is 16.2. The summed E-state index contributed by atoms with van der Waals surface area (Å²) in [6.45, 7) is 0. The molecule has 1 amide bonds. The summed E-state index contributed by atoms with van der Waals surface area (Å²) in [5, 5.41) is 10.9. The van der Waals surface area contributed by atoms with Gasteiger partial charge in [-0.05, 0) is 6.07 Å². The van der Waals surface area contributed by atoms with Crippen LogP contribution in [0, 0.1) is 0 Å². The van der Waals surface area contributed by atoms with Gasteiger partial charge in [-0.1, -0.05) is 0 Å². The second-order valence-electron chi connectivity index (χ2n) is 3.78. The van der Waals surface area contributed by atoms with Gasteiger partial charge in [0.25, 0.3) is 5.91 Å². The van der Waals surface area contributed by atoms with E-state index in [2.05, 4.69) is 20.5 Å². The van der Waals surface area contributed by atoms with Crippen molar-refractivity contribution in [3.05, 3.63) is 42.5 Å². The molecule has 7 nitrogen and oxygen atoms in total. The van der Waals surface area contributed by atoms with Crippen LogP contribution in [0.2, 0.25) is 0 Å². The second kappa shape index (κ2) is 3.95. The Morgan fingerprint density at radius 3 is 2.94 bits per heavy atom. The zero-order valence-corrected chi connectivity index (χ0v) is 9.61. The van der Waals surface area contributed by atoms with E-state index in [4.69, 9.17) is 0 Å². The predicted octanol–water partition coefficient (Wildman–Crippen LogP) is 0.715. The summed E-state index contributed by atoms with van der Waals surface area (Å²) in [4.78, 5) is 16.0. The third-order valence-corrected chi connectivity index (χ3v) is 2.42. The Balaban J connectivity index is 1.87. The standard InChI is InChI=1S/C11H10N6O/c1-16-6-3-9(15-16)13-11(18)8-7-10-12-4-2-5-17(10)14-8/h2-7H,1H3,(H,13,15,18). The first-order chi connectivity index (χ1) is 8.72. The quantitative estimate of drug-likeness (QED) is 0.718.